The molecule has 0 saturated heterocycles. The third kappa shape index (κ3) is 4.61. The van der Waals surface area contributed by atoms with Gasteiger partial charge in [-0.2, -0.15) is 13.2 Å². The van der Waals surface area contributed by atoms with E-state index in [9.17, 15) is 22.8 Å². The number of pyridine rings is 2. The summed E-state index contributed by atoms with van der Waals surface area (Å²) in [5.74, 6) is -3.24. The van der Waals surface area contributed by atoms with Crippen LogP contribution in [0.25, 0.3) is 22.5 Å². The Morgan fingerprint density at radius 3 is 2.44 bits per heavy atom. The van der Waals surface area contributed by atoms with Crippen LogP contribution in [-0.4, -0.2) is 59.9 Å². The maximum Gasteiger partial charge on any atom is 0.490 e. The van der Waals surface area contributed by atoms with Crippen LogP contribution in [0.4, 0.5) is 13.2 Å². The van der Waals surface area contributed by atoms with Crippen LogP contribution in [0, 0.1) is 0 Å². The highest BCUT2D eigenvalue weighted by molar-refractivity contribution is 5.77. The molecule has 0 aliphatic carbocycles. The zero-order chi connectivity index (χ0) is 25.2. The molecule has 34 heavy (non-hydrogen) atoms. The number of rotatable bonds is 4. The number of aromatic nitrogens is 5. The summed E-state index contributed by atoms with van der Waals surface area (Å²) < 4.78 is 41.3. The molecule has 0 aliphatic heterocycles. The number of nitrogens with zero attached hydrogens (tertiary/aromatic N) is 5. The maximum absolute atomic E-state index is 12.8. The van der Waals surface area contributed by atoms with Crippen LogP contribution >= 0.6 is 0 Å². The van der Waals surface area contributed by atoms with E-state index in [0.717, 1.165) is 11.2 Å². The molecular weight excluding hydrogens is 461 g/mol. The van der Waals surface area contributed by atoms with Crippen molar-refractivity contribution >= 4 is 28.7 Å². The second-order valence-corrected chi connectivity index (χ2v) is 6.99. The highest BCUT2D eigenvalue weighted by atomic mass is 19.4. The molecule has 0 aliphatic rings. The number of imidazole rings is 2. The summed E-state index contributed by atoms with van der Waals surface area (Å²) >= 11 is 0. The summed E-state index contributed by atoms with van der Waals surface area (Å²) in [4.78, 5) is 42.1. The van der Waals surface area contributed by atoms with E-state index in [1.165, 1.54) is 11.7 Å². The van der Waals surface area contributed by atoms with Crippen LogP contribution in [-0.2, 0) is 27.8 Å². The lowest BCUT2D eigenvalue weighted by molar-refractivity contribution is -0.192. The summed E-state index contributed by atoms with van der Waals surface area (Å²) in [7, 11) is 3.01. The molecule has 4 aromatic heterocycles. The van der Waals surface area contributed by atoms with E-state index in [2.05, 4.69) is 9.97 Å². The molecule has 180 valence electrons. The number of nitrogens with two attached hydrogens (primary N) is 1. The molecule has 0 unspecified atom stereocenters. The number of carboxylic acid groups (broad SMARTS) is 1. The standard InChI is InChI=1S/C18H18N6O3.C2HF3O2/c1-22-13-4-3-7-20-16(13)24(18(22)26)14-6-5-11(10-12(19)17(25)27-2)23-9-8-21-15(14)23;3-2(4,5)1(6)7/h3-9,12H,10,19H2,1-2H3;(H,6,7)/t12-;/m0./s1. The number of esters is 1. The number of aliphatic carboxylic acids is 1. The van der Waals surface area contributed by atoms with Crippen molar-refractivity contribution in [3.8, 4) is 5.69 Å². The van der Waals surface area contributed by atoms with Crippen LogP contribution in [0.3, 0.4) is 0 Å². The van der Waals surface area contributed by atoms with Crippen molar-refractivity contribution in [1.29, 1.82) is 0 Å². The minimum Gasteiger partial charge on any atom is -0.475 e. The van der Waals surface area contributed by atoms with E-state index in [1.807, 2.05) is 16.5 Å². The molecule has 0 amide bonds. The molecule has 11 nitrogen and oxygen atoms in total. The second kappa shape index (κ2) is 9.35. The minimum atomic E-state index is -5.08. The zero-order valence-corrected chi connectivity index (χ0v) is 17.9. The van der Waals surface area contributed by atoms with Crippen LogP contribution in [0.15, 0.2) is 47.7 Å². The number of carbonyl (C=O) groups excluding carboxylic acids is 1. The van der Waals surface area contributed by atoms with Crippen LogP contribution in [0.1, 0.15) is 5.69 Å². The van der Waals surface area contributed by atoms with Gasteiger partial charge in [0.25, 0.3) is 0 Å². The number of carboxylic acids is 1. The van der Waals surface area contributed by atoms with E-state index < -0.39 is 24.2 Å². The SMILES string of the molecule is COC(=O)[C@@H](N)Cc1ccc(-n2c(=O)n(C)c3cccnc32)c2nccn12.O=C(O)C(F)(F)F. The van der Waals surface area contributed by atoms with Crippen molar-refractivity contribution in [3.63, 3.8) is 0 Å². The fourth-order valence-electron chi connectivity index (χ4n) is 3.24. The average Bonchev–Trinajstić information content (AvgIpc) is 3.38. The number of hydrogen-bond acceptors (Lipinski definition) is 7. The Morgan fingerprint density at radius 1 is 1.18 bits per heavy atom. The molecule has 0 radical (unpaired) electrons. The van der Waals surface area contributed by atoms with Gasteiger partial charge in [-0.15, -0.1) is 0 Å². The normalized spacial score (nSPS) is 12.3. The van der Waals surface area contributed by atoms with Crippen molar-refractivity contribution in [2.75, 3.05) is 7.11 Å². The number of ether oxygens (including phenoxy) is 1. The molecule has 4 aromatic rings. The lowest BCUT2D eigenvalue weighted by Crippen LogP contribution is -2.34. The maximum atomic E-state index is 12.8. The zero-order valence-electron chi connectivity index (χ0n) is 17.9. The van der Waals surface area contributed by atoms with E-state index in [4.69, 9.17) is 20.4 Å². The third-order valence-corrected chi connectivity index (χ3v) is 4.85. The number of aryl methyl sites for hydroxylation is 1. The van der Waals surface area contributed by atoms with Crippen LogP contribution in [0.5, 0.6) is 0 Å². The van der Waals surface area contributed by atoms with Gasteiger partial charge in [0.05, 0.1) is 18.3 Å². The molecule has 3 N–H and O–H groups in total. The minimum absolute atomic E-state index is 0.215. The van der Waals surface area contributed by atoms with E-state index >= 15 is 0 Å². The first-order chi connectivity index (χ1) is 16.0. The molecule has 0 saturated carbocycles. The van der Waals surface area contributed by atoms with Gasteiger partial charge in [-0.1, -0.05) is 0 Å². The number of fused-ring (bicyclic) bond motifs is 2. The van der Waals surface area contributed by atoms with Gasteiger partial charge in [0.15, 0.2) is 11.3 Å². The molecule has 1 atom stereocenters. The summed E-state index contributed by atoms with van der Waals surface area (Å²) in [5.41, 5.74) is 8.91. The van der Waals surface area contributed by atoms with Gasteiger partial charge >= 0.3 is 23.8 Å². The molecular formula is C20H19F3N6O5. The van der Waals surface area contributed by atoms with Crippen molar-refractivity contribution in [1.82, 2.24) is 23.5 Å². The van der Waals surface area contributed by atoms with Gasteiger partial charge in [-0.05, 0) is 24.3 Å². The first kappa shape index (κ1) is 24.4. The number of hydrogen-bond donors (Lipinski definition) is 2. The predicted octanol–water partition coefficient (Wildman–Crippen LogP) is 1.05. The van der Waals surface area contributed by atoms with Crippen molar-refractivity contribution < 1.29 is 32.6 Å². The predicted molar refractivity (Wildman–Crippen MR) is 112 cm³/mol. The Morgan fingerprint density at radius 2 is 1.82 bits per heavy atom. The monoisotopic (exact) mass is 480 g/mol. The van der Waals surface area contributed by atoms with Crippen LogP contribution in [0.2, 0.25) is 0 Å². The van der Waals surface area contributed by atoms with Gasteiger partial charge in [0, 0.05) is 37.8 Å². The average molecular weight is 480 g/mol. The Hall–Kier alpha value is -4.20. The number of carbonyl (C=O) groups is 2. The molecule has 4 heterocycles. The number of alkyl halides is 3. The first-order valence-electron chi connectivity index (χ1n) is 9.58. The summed E-state index contributed by atoms with van der Waals surface area (Å²) in [6.45, 7) is 0. The molecule has 4 rings (SSSR count). The topological polar surface area (TPSA) is 147 Å². The Labute approximate surface area is 188 Å². The Balaban J connectivity index is 0.000000406. The lowest BCUT2D eigenvalue weighted by atomic mass is 10.1. The van der Waals surface area contributed by atoms with Crippen molar-refractivity contribution in [2.24, 2.45) is 12.8 Å². The molecule has 14 heteroatoms. The molecule has 0 fully saturated rings. The highest BCUT2D eigenvalue weighted by Crippen LogP contribution is 2.20. The van der Waals surface area contributed by atoms with Gasteiger partial charge in [0.1, 0.15) is 6.04 Å². The van der Waals surface area contributed by atoms with Crippen molar-refractivity contribution in [3.05, 3.63) is 59.0 Å². The third-order valence-electron chi connectivity index (χ3n) is 4.85. The fourth-order valence-corrected chi connectivity index (χ4v) is 3.24. The Kier molecular flexibility index (Phi) is 6.72. The summed E-state index contributed by atoms with van der Waals surface area (Å²) in [5, 5.41) is 7.12. The van der Waals surface area contributed by atoms with Gasteiger partial charge in [0.2, 0.25) is 0 Å². The van der Waals surface area contributed by atoms with Crippen LogP contribution < -0.4 is 11.4 Å². The molecule has 0 spiro atoms. The summed E-state index contributed by atoms with van der Waals surface area (Å²) in [6, 6.07) is 6.45. The quantitative estimate of drug-likeness (QED) is 0.412. The van der Waals surface area contributed by atoms with Gasteiger partial charge in [-0.3, -0.25) is 9.36 Å². The lowest BCUT2D eigenvalue weighted by Gasteiger charge is -2.13. The molecule has 0 bridgehead atoms. The van der Waals surface area contributed by atoms with Gasteiger partial charge < -0.3 is 20.0 Å². The highest BCUT2D eigenvalue weighted by Gasteiger charge is 2.38. The Bertz CT molecular complexity index is 1420. The van der Waals surface area contributed by atoms with E-state index in [0.29, 0.717) is 17.0 Å². The molecule has 0 aromatic carbocycles. The fraction of sp³-hybridized carbons (Fsp3) is 0.250. The van der Waals surface area contributed by atoms with E-state index in [1.54, 1.807) is 42.3 Å². The second-order valence-electron chi connectivity index (χ2n) is 6.99. The largest absolute Gasteiger partial charge is 0.490 e. The first-order valence-corrected chi connectivity index (χ1v) is 9.58. The van der Waals surface area contributed by atoms with E-state index in [-0.39, 0.29) is 12.1 Å². The van der Waals surface area contributed by atoms with Gasteiger partial charge in [-0.25, -0.2) is 24.1 Å². The number of halogens is 3. The summed E-state index contributed by atoms with van der Waals surface area (Å²) in [6.07, 6.45) is 0.241. The number of methoxy groups -OCH3 is 1. The smallest absolute Gasteiger partial charge is 0.475 e. The van der Waals surface area contributed by atoms with Crippen molar-refractivity contribution in [2.45, 2.75) is 18.6 Å².